The minimum absolute atomic E-state index is 0.384. The second-order valence-corrected chi connectivity index (χ2v) is 4.89. The highest BCUT2D eigenvalue weighted by Gasteiger charge is 2.17. The smallest absolute Gasteiger partial charge is 0.142 e. The quantitative estimate of drug-likeness (QED) is 0.806. The highest BCUT2D eigenvalue weighted by Crippen LogP contribution is 2.40. The molecule has 0 aliphatic heterocycles. The maximum atomic E-state index is 13.4. The number of nitrogens with zero attached hydrogens (tertiary/aromatic N) is 1. The molecule has 0 fully saturated rings. The fraction of sp³-hybridized carbons (Fsp3) is 0.250. The lowest BCUT2D eigenvalue weighted by molar-refractivity contribution is 0.413. The van der Waals surface area contributed by atoms with Crippen molar-refractivity contribution in [3.05, 3.63) is 52.9 Å². The number of benzene rings is 1. The van der Waals surface area contributed by atoms with Crippen LogP contribution in [-0.2, 0) is 0 Å². The van der Waals surface area contributed by atoms with Gasteiger partial charge in [0.2, 0.25) is 0 Å². The summed E-state index contributed by atoms with van der Waals surface area (Å²) < 4.78 is 18.9. The predicted molar refractivity (Wildman–Crippen MR) is 79.6 cm³/mol. The van der Waals surface area contributed by atoms with Crippen molar-refractivity contribution in [2.24, 2.45) is 0 Å². The average molecular weight is 293 g/mol. The monoisotopic (exact) mass is 292 g/mol. The molecule has 0 N–H and O–H groups in total. The highest BCUT2D eigenvalue weighted by molar-refractivity contribution is 6.32. The Bertz CT molecular complexity index is 628. The Kier molecular flexibility index (Phi) is 4.61. The second-order valence-electron chi connectivity index (χ2n) is 4.49. The molecule has 4 heteroatoms. The molecule has 1 heterocycles. The summed E-state index contributed by atoms with van der Waals surface area (Å²) in [6, 6.07) is 3.30. The van der Waals surface area contributed by atoms with E-state index >= 15 is 0 Å². The fourth-order valence-corrected chi connectivity index (χ4v) is 2.44. The van der Waals surface area contributed by atoms with Gasteiger partial charge in [0.25, 0.3) is 0 Å². The van der Waals surface area contributed by atoms with Crippen molar-refractivity contribution in [1.29, 1.82) is 0 Å². The van der Waals surface area contributed by atoms with Crippen molar-refractivity contribution >= 4 is 11.6 Å². The summed E-state index contributed by atoms with van der Waals surface area (Å²) in [5, 5.41) is 0.629. The van der Waals surface area contributed by atoms with E-state index < -0.39 is 0 Å². The Balaban J connectivity index is 2.72. The van der Waals surface area contributed by atoms with Gasteiger partial charge in [0.1, 0.15) is 11.6 Å². The lowest BCUT2D eigenvalue weighted by Crippen LogP contribution is -1.98. The summed E-state index contributed by atoms with van der Waals surface area (Å²) in [6.07, 6.45) is 5.67. The van der Waals surface area contributed by atoms with E-state index in [1.54, 1.807) is 13.3 Å². The molecule has 20 heavy (non-hydrogen) atoms. The van der Waals surface area contributed by atoms with Crippen LogP contribution in [0.3, 0.4) is 0 Å². The Morgan fingerprint density at radius 1 is 1.35 bits per heavy atom. The zero-order valence-electron chi connectivity index (χ0n) is 11.7. The lowest BCUT2D eigenvalue weighted by Gasteiger charge is -2.17. The number of halogens is 2. The van der Waals surface area contributed by atoms with E-state index in [-0.39, 0.29) is 5.82 Å². The molecule has 2 aromatic rings. The minimum atomic E-state index is -0.384. The molecule has 0 saturated heterocycles. The SMILES string of the molecule is CC[CH]c1cc(Cl)c(C)c(-c2cncc(F)c2)c1OC. The third-order valence-corrected chi connectivity index (χ3v) is 3.52. The molecule has 1 aromatic heterocycles. The van der Waals surface area contributed by atoms with Gasteiger partial charge in [0.05, 0.1) is 13.3 Å². The normalized spacial score (nSPS) is 10.7. The molecule has 0 bridgehead atoms. The molecular weight excluding hydrogens is 277 g/mol. The first-order valence-electron chi connectivity index (χ1n) is 6.39. The maximum absolute atomic E-state index is 13.4. The molecule has 105 valence electrons. The van der Waals surface area contributed by atoms with E-state index in [0.29, 0.717) is 16.3 Å². The van der Waals surface area contributed by atoms with Crippen molar-refractivity contribution in [1.82, 2.24) is 4.98 Å². The van der Waals surface area contributed by atoms with E-state index in [2.05, 4.69) is 4.98 Å². The molecule has 0 amide bonds. The largest absolute Gasteiger partial charge is 0.496 e. The van der Waals surface area contributed by atoms with E-state index in [0.717, 1.165) is 23.1 Å². The second kappa shape index (κ2) is 6.23. The summed E-state index contributed by atoms with van der Waals surface area (Å²) in [5.41, 5.74) is 3.20. The van der Waals surface area contributed by atoms with Crippen LogP contribution in [0.15, 0.2) is 24.5 Å². The topological polar surface area (TPSA) is 22.1 Å². The van der Waals surface area contributed by atoms with Crippen molar-refractivity contribution in [2.75, 3.05) is 7.11 Å². The Morgan fingerprint density at radius 2 is 2.10 bits per heavy atom. The number of aromatic nitrogens is 1. The summed E-state index contributed by atoms with van der Waals surface area (Å²) in [4.78, 5) is 3.90. The lowest BCUT2D eigenvalue weighted by atomic mass is 9.95. The van der Waals surface area contributed by atoms with E-state index in [1.165, 1.54) is 12.3 Å². The van der Waals surface area contributed by atoms with Gasteiger partial charge in [-0.1, -0.05) is 18.5 Å². The molecule has 0 atom stereocenters. The van der Waals surface area contributed by atoms with Crippen LogP contribution in [0.5, 0.6) is 5.75 Å². The Hall–Kier alpha value is -1.61. The molecule has 0 aliphatic rings. The van der Waals surface area contributed by atoms with Crippen LogP contribution < -0.4 is 4.74 Å². The molecule has 0 aliphatic carbocycles. The molecule has 2 nitrogen and oxygen atoms in total. The van der Waals surface area contributed by atoms with Gasteiger partial charge in [-0.15, -0.1) is 0 Å². The van der Waals surface area contributed by atoms with Crippen LogP contribution in [0.2, 0.25) is 5.02 Å². The van der Waals surface area contributed by atoms with Crippen LogP contribution in [0.1, 0.15) is 24.5 Å². The standard InChI is InChI=1S/C16H16ClFNO/c1-4-5-11-7-14(17)10(2)15(16(11)20-3)12-6-13(18)9-19-8-12/h5-9H,4H2,1-3H3. The van der Waals surface area contributed by atoms with Crippen LogP contribution in [0.25, 0.3) is 11.1 Å². The number of hydrogen-bond donors (Lipinski definition) is 0. The number of pyridine rings is 1. The third kappa shape index (κ3) is 2.78. The van der Waals surface area contributed by atoms with Gasteiger partial charge >= 0.3 is 0 Å². The molecule has 0 unspecified atom stereocenters. The van der Waals surface area contributed by atoms with Gasteiger partial charge in [-0.05, 0) is 43.0 Å². The van der Waals surface area contributed by atoms with Gasteiger partial charge in [-0.3, -0.25) is 4.98 Å². The minimum Gasteiger partial charge on any atom is -0.496 e. The molecule has 0 saturated carbocycles. The molecular formula is C16H16ClFNO. The van der Waals surface area contributed by atoms with Crippen LogP contribution >= 0.6 is 11.6 Å². The first-order chi connectivity index (χ1) is 9.58. The first kappa shape index (κ1) is 14.8. The third-order valence-electron chi connectivity index (χ3n) is 3.13. The van der Waals surface area contributed by atoms with Crippen LogP contribution in [0.4, 0.5) is 4.39 Å². The van der Waals surface area contributed by atoms with Crippen molar-refractivity contribution in [3.63, 3.8) is 0 Å². The number of methoxy groups -OCH3 is 1. The summed E-state index contributed by atoms with van der Waals surface area (Å²) in [6.45, 7) is 3.93. The average Bonchev–Trinajstić information content (AvgIpc) is 2.42. The summed E-state index contributed by atoms with van der Waals surface area (Å²) in [5.74, 6) is 0.311. The van der Waals surface area contributed by atoms with Gasteiger partial charge in [0.15, 0.2) is 0 Å². The fourth-order valence-electron chi connectivity index (χ4n) is 2.23. The highest BCUT2D eigenvalue weighted by atomic mass is 35.5. The molecule has 1 radical (unpaired) electrons. The van der Waals surface area contributed by atoms with Crippen molar-refractivity contribution < 1.29 is 9.13 Å². The van der Waals surface area contributed by atoms with Crippen molar-refractivity contribution in [3.8, 4) is 16.9 Å². The predicted octanol–water partition coefficient (Wildman–Crippen LogP) is 4.82. The zero-order valence-corrected chi connectivity index (χ0v) is 12.5. The van der Waals surface area contributed by atoms with Crippen LogP contribution in [0, 0.1) is 19.2 Å². The van der Waals surface area contributed by atoms with E-state index in [1.807, 2.05) is 26.3 Å². The van der Waals surface area contributed by atoms with Crippen LogP contribution in [-0.4, -0.2) is 12.1 Å². The molecule has 0 spiro atoms. The van der Waals surface area contributed by atoms with Gasteiger partial charge in [0, 0.05) is 22.3 Å². The van der Waals surface area contributed by atoms with E-state index in [4.69, 9.17) is 16.3 Å². The number of ether oxygens (including phenoxy) is 1. The number of hydrogen-bond acceptors (Lipinski definition) is 2. The first-order valence-corrected chi connectivity index (χ1v) is 6.77. The number of rotatable bonds is 4. The molecule has 1 aromatic carbocycles. The maximum Gasteiger partial charge on any atom is 0.142 e. The van der Waals surface area contributed by atoms with Gasteiger partial charge < -0.3 is 4.74 Å². The molecule has 2 rings (SSSR count). The summed E-state index contributed by atoms with van der Waals surface area (Å²) >= 11 is 6.28. The zero-order chi connectivity index (χ0) is 14.7. The Labute approximate surface area is 123 Å². The van der Waals surface area contributed by atoms with E-state index in [9.17, 15) is 4.39 Å². The van der Waals surface area contributed by atoms with Crippen molar-refractivity contribution in [2.45, 2.75) is 20.3 Å². The van der Waals surface area contributed by atoms with Gasteiger partial charge in [-0.25, -0.2) is 4.39 Å². The summed E-state index contributed by atoms with van der Waals surface area (Å²) in [7, 11) is 1.60. The van der Waals surface area contributed by atoms with Gasteiger partial charge in [-0.2, -0.15) is 0 Å². The Morgan fingerprint density at radius 3 is 2.70 bits per heavy atom.